The van der Waals surface area contributed by atoms with Gasteiger partial charge in [-0.3, -0.25) is 0 Å². The van der Waals surface area contributed by atoms with E-state index in [1.807, 2.05) is 17.2 Å². The maximum atomic E-state index is 9.87. The molecule has 1 heterocycles. The maximum absolute atomic E-state index is 9.87. The summed E-state index contributed by atoms with van der Waals surface area (Å²) in [6, 6.07) is 0.474. The predicted octanol–water partition coefficient (Wildman–Crippen LogP) is 1.31. The fraction of sp³-hybridized carbons (Fsp3) is 0.636. The van der Waals surface area contributed by atoms with Crippen LogP contribution in [0.1, 0.15) is 32.1 Å². The molecule has 1 fully saturated rings. The average Bonchev–Trinajstić information content (AvgIpc) is 2.23. The minimum absolute atomic E-state index is 0.474. The third-order valence-electron chi connectivity index (χ3n) is 3.12. The van der Waals surface area contributed by atoms with E-state index in [1.54, 1.807) is 6.08 Å². The van der Waals surface area contributed by atoms with E-state index in [2.05, 4.69) is 0 Å². The van der Waals surface area contributed by atoms with Gasteiger partial charge in [-0.2, -0.15) is 0 Å². The van der Waals surface area contributed by atoms with Gasteiger partial charge in [-0.05, 0) is 25.0 Å². The van der Waals surface area contributed by atoms with Crippen LogP contribution in [0.5, 0.6) is 0 Å². The van der Waals surface area contributed by atoms with Crippen molar-refractivity contribution in [3.05, 3.63) is 24.0 Å². The zero-order chi connectivity index (χ0) is 9.97. The summed E-state index contributed by atoms with van der Waals surface area (Å²) < 4.78 is 0. The lowest BCUT2D eigenvalue weighted by molar-refractivity contribution is 0.0244. The fourth-order valence-electron chi connectivity index (χ4n) is 2.29. The standard InChI is InChI=1S/C11H18N2O/c12-10-7-4-8-13(11(10)14)9-5-2-1-3-6-9/h4,7-9,11,14H,1-3,5-6,12H2. The lowest BCUT2D eigenvalue weighted by Crippen LogP contribution is -2.44. The van der Waals surface area contributed by atoms with Gasteiger partial charge in [0.15, 0.2) is 6.23 Å². The number of nitrogens with zero attached hydrogens (tertiary/aromatic N) is 1. The summed E-state index contributed by atoms with van der Waals surface area (Å²) in [6.45, 7) is 0. The zero-order valence-electron chi connectivity index (χ0n) is 8.39. The van der Waals surface area contributed by atoms with Crippen molar-refractivity contribution in [2.24, 2.45) is 5.73 Å². The maximum Gasteiger partial charge on any atom is 0.167 e. The minimum Gasteiger partial charge on any atom is -0.398 e. The van der Waals surface area contributed by atoms with Crippen LogP contribution in [0.25, 0.3) is 0 Å². The first-order valence-electron chi connectivity index (χ1n) is 5.38. The first-order valence-corrected chi connectivity index (χ1v) is 5.38. The highest BCUT2D eigenvalue weighted by Crippen LogP contribution is 2.26. The van der Waals surface area contributed by atoms with Crippen LogP contribution in [-0.2, 0) is 0 Å². The molecule has 2 aliphatic rings. The van der Waals surface area contributed by atoms with Gasteiger partial charge in [-0.15, -0.1) is 0 Å². The Balaban J connectivity index is 2.03. The van der Waals surface area contributed by atoms with Gasteiger partial charge in [0.25, 0.3) is 0 Å². The monoisotopic (exact) mass is 194 g/mol. The fourth-order valence-corrected chi connectivity index (χ4v) is 2.29. The third-order valence-corrected chi connectivity index (χ3v) is 3.12. The Morgan fingerprint density at radius 3 is 2.71 bits per heavy atom. The molecule has 0 bridgehead atoms. The highest BCUT2D eigenvalue weighted by Gasteiger charge is 2.26. The van der Waals surface area contributed by atoms with Gasteiger partial charge in [0, 0.05) is 12.2 Å². The second-order valence-corrected chi connectivity index (χ2v) is 4.12. The molecule has 3 nitrogen and oxygen atoms in total. The summed E-state index contributed by atoms with van der Waals surface area (Å²) >= 11 is 0. The highest BCUT2D eigenvalue weighted by atomic mass is 16.3. The Morgan fingerprint density at radius 2 is 2.00 bits per heavy atom. The third kappa shape index (κ3) is 1.77. The average molecular weight is 194 g/mol. The zero-order valence-corrected chi connectivity index (χ0v) is 8.39. The molecule has 3 heteroatoms. The van der Waals surface area contributed by atoms with Gasteiger partial charge in [0.1, 0.15) is 0 Å². The Morgan fingerprint density at radius 1 is 1.29 bits per heavy atom. The van der Waals surface area contributed by atoms with Crippen LogP contribution >= 0.6 is 0 Å². The van der Waals surface area contributed by atoms with Crippen LogP contribution in [0, 0.1) is 0 Å². The van der Waals surface area contributed by atoms with E-state index in [9.17, 15) is 5.11 Å². The predicted molar refractivity (Wildman–Crippen MR) is 56.1 cm³/mol. The summed E-state index contributed by atoms with van der Waals surface area (Å²) in [7, 11) is 0. The van der Waals surface area contributed by atoms with E-state index in [0.29, 0.717) is 11.7 Å². The molecule has 0 saturated heterocycles. The van der Waals surface area contributed by atoms with Gasteiger partial charge in [-0.25, -0.2) is 0 Å². The number of hydrogen-bond donors (Lipinski definition) is 2. The van der Waals surface area contributed by atoms with Gasteiger partial charge in [0.05, 0.1) is 5.70 Å². The molecular weight excluding hydrogens is 176 g/mol. The number of nitrogens with two attached hydrogens (primary N) is 1. The van der Waals surface area contributed by atoms with Crippen molar-refractivity contribution in [2.45, 2.75) is 44.4 Å². The molecule has 1 saturated carbocycles. The summed E-state index contributed by atoms with van der Waals surface area (Å²) in [5.74, 6) is 0. The summed E-state index contributed by atoms with van der Waals surface area (Å²) in [6.07, 6.45) is 11.2. The number of allylic oxidation sites excluding steroid dienone is 2. The molecule has 78 valence electrons. The van der Waals surface area contributed by atoms with E-state index in [1.165, 1.54) is 32.1 Å². The molecule has 14 heavy (non-hydrogen) atoms. The van der Waals surface area contributed by atoms with E-state index >= 15 is 0 Å². The lowest BCUT2D eigenvalue weighted by Gasteiger charge is -2.38. The van der Waals surface area contributed by atoms with Crippen molar-refractivity contribution in [3.63, 3.8) is 0 Å². The number of aliphatic hydroxyl groups is 1. The molecule has 0 aromatic rings. The van der Waals surface area contributed by atoms with Crippen LogP contribution < -0.4 is 5.73 Å². The number of aliphatic hydroxyl groups excluding tert-OH is 1. The van der Waals surface area contributed by atoms with Crippen LogP contribution in [-0.4, -0.2) is 22.3 Å². The van der Waals surface area contributed by atoms with Gasteiger partial charge >= 0.3 is 0 Å². The quantitative estimate of drug-likeness (QED) is 0.661. The van der Waals surface area contributed by atoms with Crippen molar-refractivity contribution < 1.29 is 5.11 Å². The van der Waals surface area contributed by atoms with Crippen LogP contribution in [0.4, 0.5) is 0 Å². The van der Waals surface area contributed by atoms with Crippen molar-refractivity contribution in [3.8, 4) is 0 Å². The van der Waals surface area contributed by atoms with E-state index in [4.69, 9.17) is 5.73 Å². The van der Waals surface area contributed by atoms with E-state index in [-0.39, 0.29) is 0 Å². The van der Waals surface area contributed by atoms with Gasteiger partial charge < -0.3 is 15.7 Å². The molecule has 3 N–H and O–H groups in total. The van der Waals surface area contributed by atoms with Crippen LogP contribution in [0.15, 0.2) is 24.0 Å². The Labute approximate surface area is 84.9 Å². The van der Waals surface area contributed by atoms with E-state index in [0.717, 1.165) is 0 Å². The molecule has 1 aliphatic heterocycles. The smallest absolute Gasteiger partial charge is 0.167 e. The largest absolute Gasteiger partial charge is 0.398 e. The summed E-state index contributed by atoms with van der Waals surface area (Å²) in [4.78, 5) is 1.99. The van der Waals surface area contributed by atoms with Crippen LogP contribution in [0.2, 0.25) is 0 Å². The molecule has 0 amide bonds. The summed E-state index contributed by atoms with van der Waals surface area (Å²) in [5.41, 5.74) is 6.25. The Kier molecular flexibility index (Phi) is 2.77. The van der Waals surface area contributed by atoms with Crippen molar-refractivity contribution in [2.75, 3.05) is 0 Å². The molecule has 0 radical (unpaired) electrons. The van der Waals surface area contributed by atoms with Crippen molar-refractivity contribution in [1.82, 2.24) is 4.90 Å². The van der Waals surface area contributed by atoms with E-state index < -0.39 is 6.23 Å². The van der Waals surface area contributed by atoms with Crippen molar-refractivity contribution in [1.29, 1.82) is 0 Å². The first kappa shape index (κ1) is 9.59. The molecule has 1 aliphatic carbocycles. The van der Waals surface area contributed by atoms with Gasteiger partial charge in [0.2, 0.25) is 0 Å². The first-order chi connectivity index (χ1) is 6.79. The lowest BCUT2D eigenvalue weighted by atomic mass is 9.93. The molecule has 0 spiro atoms. The molecule has 0 aromatic heterocycles. The molecule has 1 unspecified atom stereocenters. The molecule has 1 atom stereocenters. The number of hydrogen-bond acceptors (Lipinski definition) is 3. The SMILES string of the molecule is NC1=CC=CN(C2CCCCC2)C1O. The topological polar surface area (TPSA) is 49.5 Å². The Hall–Kier alpha value is -0.960. The highest BCUT2D eigenvalue weighted by molar-refractivity contribution is 5.18. The van der Waals surface area contributed by atoms with Crippen molar-refractivity contribution >= 4 is 0 Å². The van der Waals surface area contributed by atoms with Crippen LogP contribution in [0.3, 0.4) is 0 Å². The normalized spacial score (nSPS) is 29.1. The van der Waals surface area contributed by atoms with Gasteiger partial charge in [-0.1, -0.05) is 19.3 Å². The molecule has 2 rings (SSSR count). The Bertz CT molecular complexity index is 254. The molecular formula is C11H18N2O. The summed E-state index contributed by atoms with van der Waals surface area (Å²) in [5, 5.41) is 9.87. The molecule has 0 aromatic carbocycles. The number of rotatable bonds is 1. The minimum atomic E-state index is -0.608. The second kappa shape index (κ2) is 4.05. The second-order valence-electron chi connectivity index (χ2n) is 4.12.